The average molecular weight is 390 g/mol. The van der Waals surface area contributed by atoms with Crippen molar-refractivity contribution in [2.75, 3.05) is 7.11 Å². The van der Waals surface area contributed by atoms with E-state index in [0.717, 1.165) is 29.6 Å². The molecule has 4 heteroatoms. The van der Waals surface area contributed by atoms with E-state index in [0.29, 0.717) is 12.5 Å². The van der Waals surface area contributed by atoms with Crippen molar-refractivity contribution in [2.24, 2.45) is 16.8 Å². The number of ether oxygens (including phenoxy) is 1. The number of guanidine groups is 1. The second-order valence-corrected chi connectivity index (χ2v) is 8.01. The smallest absolute Gasteiger partial charge is 0.192 e. The van der Waals surface area contributed by atoms with Crippen molar-refractivity contribution in [2.45, 2.75) is 31.5 Å². The minimum atomic E-state index is 0. The standard InChI is InChI=1S/C25H27N3O.2H2/c1-29-22-14-8-6-12-19(22)16-26-25-27-23(17-9-3-2-4-10-17)24(28-25)20-13-7-5-11-18-15-21(18)20;;/h2-6,8-14,18,21,23-24H,7,15-16H2,1H3,(H2,26,27,28);2*1H/t18?,21?,23-,24+;;/m0../s1. The summed E-state index contributed by atoms with van der Waals surface area (Å²) in [7, 11) is 1.71. The van der Waals surface area contributed by atoms with Crippen molar-refractivity contribution >= 4 is 5.96 Å². The van der Waals surface area contributed by atoms with E-state index in [4.69, 9.17) is 9.73 Å². The summed E-state index contributed by atoms with van der Waals surface area (Å²) >= 11 is 0. The summed E-state index contributed by atoms with van der Waals surface area (Å²) < 4.78 is 5.47. The molecule has 4 atom stereocenters. The molecule has 0 bridgehead atoms. The van der Waals surface area contributed by atoms with Crippen LogP contribution in [0.4, 0.5) is 0 Å². The SMILES string of the molecule is COc1ccccc1CN=C1N[C@H](C2=CCC=CC3CC23)[C@H](c2ccccc2)N1.[HH].[HH]. The van der Waals surface area contributed by atoms with Gasteiger partial charge < -0.3 is 15.4 Å². The van der Waals surface area contributed by atoms with Crippen LogP contribution in [0.15, 0.2) is 83.4 Å². The third-order valence-electron chi connectivity index (χ3n) is 6.18. The van der Waals surface area contributed by atoms with Gasteiger partial charge in [-0.1, -0.05) is 66.8 Å². The highest BCUT2D eigenvalue weighted by Crippen LogP contribution is 2.49. The predicted octanol–water partition coefficient (Wildman–Crippen LogP) is 4.87. The van der Waals surface area contributed by atoms with E-state index in [-0.39, 0.29) is 14.9 Å². The maximum Gasteiger partial charge on any atom is 0.192 e. The van der Waals surface area contributed by atoms with Crippen molar-refractivity contribution in [1.29, 1.82) is 0 Å². The first-order valence-electron chi connectivity index (χ1n) is 10.4. The summed E-state index contributed by atoms with van der Waals surface area (Å²) in [6, 6.07) is 19.2. The maximum absolute atomic E-state index is 5.47. The van der Waals surface area contributed by atoms with Gasteiger partial charge in [-0.25, -0.2) is 4.99 Å². The largest absolute Gasteiger partial charge is 0.496 e. The van der Waals surface area contributed by atoms with Crippen molar-refractivity contribution < 1.29 is 7.59 Å². The molecule has 2 fully saturated rings. The van der Waals surface area contributed by atoms with Gasteiger partial charge in [0.15, 0.2) is 5.96 Å². The monoisotopic (exact) mass is 389 g/mol. The molecule has 0 aromatic heterocycles. The van der Waals surface area contributed by atoms with Crippen LogP contribution in [-0.2, 0) is 6.54 Å². The lowest BCUT2D eigenvalue weighted by Crippen LogP contribution is -2.31. The van der Waals surface area contributed by atoms with Crippen molar-refractivity contribution in [3.63, 3.8) is 0 Å². The number of para-hydroxylation sites is 1. The molecule has 2 N–H and O–H groups in total. The molecule has 5 rings (SSSR count). The van der Waals surface area contributed by atoms with Crippen LogP contribution in [0.2, 0.25) is 0 Å². The van der Waals surface area contributed by atoms with Crippen molar-refractivity contribution in [1.82, 2.24) is 10.6 Å². The van der Waals surface area contributed by atoms with Crippen molar-refractivity contribution in [3.05, 3.63) is 89.5 Å². The predicted molar refractivity (Wildman–Crippen MR) is 121 cm³/mol. The Bertz CT molecular complexity index is 974. The summed E-state index contributed by atoms with van der Waals surface area (Å²) in [5.74, 6) is 3.14. The van der Waals surface area contributed by atoms with E-state index >= 15 is 0 Å². The van der Waals surface area contributed by atoms with Gasteiger partial charge in [0.1, 0.15) is 5.75 Å². The molecule has 1 aliphatic heterocycles. The first-order valence-corrected chi connectivity index (χ1v) is 10.4. The summed E-state index contributed by atoms with van der Waals surface area (Å²) in [5, 5.41) is 7.36. The molecule has 3 aliphatic rings. The van der Waals surface area contributed by atoms with Crippen LogP contribution in [0.3, 0.4) is 0 Å². The molecule has 2 aliphatic carbocycles. The van der Waals surface area contributed by atoms with Crippen LogP contribution in [0.1, 0.15) is 32.9 Å². The molecule has 29 heavy (non-hydrogen) atoms. The van der Waals surface area contributed by atoms with Gasteiger partial charge in [-0.2, -0.15) is 0 Å². The van der Waals surface area contributed by atoms with Crippen LogP contribution in [0.25, 0.3) is 0 Å². The van der Waals surface area contributed by atoms with E-state index in [2.05, 4.69) is 65.3 Å². The van der Waals surface area contributed by atoms with Crippen LogP contribution < -0.4 is 15.4 Å². The fraction of sp³-hybridized carbons (Fsp3) is 0.320. The fourth-order valence-corrected chi connectivity index (χ4v) is 4.58. The van der Waals surface area contributed by atoms with Gasteiger partial charge in [0.05, 0.1) is 25.7 Å². The zero-order valence-electron chi connectivity index (χ0n) is 16.7. The Morgan fingerprint density at radius 3 is 2.69 bits per heavy atom. The normalized spacial score (nSPS) is 28.7. The summed E-state index contributed by atoms with van der Waals surface area (Å²) in [5.41, 5.74) is 3.91. The zero-order chi connectivity index (χ0) is 19.6. The topological polar surface area (TPSA) is 45.6 Å². The third-order valence-corrected chi connectivity index (χ3v) is 6.18. The van der Waals surface area contributed by atoms with Gasteiger partial charge >= 0.3 is 0 Å². The molecule has 0 spiro atoms. The zero-order valence-corrected chi connectivity index (χ0v) is 16.7. The minimum absolute atomic E-state index is 0. The number of aliphatic imine (C=N–C) groups is 1. The molecular formula is C25H31N3O. The second kappa shape index (κ2) is 7.78. The highest BCUT2D eigenvalue weighted by Gasteiger charge is 2.45. The Morgan fingerprint density at radius 1 is 1.03 bits per heavy atom. The lowest BCUT2D eigenvalue weighted by molar-refractivity contribution is 0.410. The molecule has 152 valence electrons. The number of rotatable bonds is 5. The maximum atomic E-state index is 5.47. The number of fused-ring (bicyclic) bond motifs is 1. The fourth-order valence-electron chi connectivity index (χ4n) is 4.58. The Hall–Kier alpha value is -3.01. The van der Waals surface area contributed by atoms with Gasteiger partial charge in [0.25, 0.3) is 0 Å². The highest BCUT2D eigenvalue weighted by molar-refractivity contribution is 5.84. The average Bonchev–Trinajstić information content (AvgIpc) is 3.45. The lowest BCUT2D eigenvalue weighted by Gasteiger charge is -2.22. The van der Waals surface area contributed by atoms with E-state index in [1.807, 2.05) is 18.2 Å². The van der Waals surface area contributed by atoms with E-state index < -0.39 is 0 Å². The highest BCUT2D eigenvalue weighted by atomic mass is 16.5. The summed E-state index contributed by atoms with van der Waals surface area (Å²) in [4.78, 5) is 4.86. The number of nitrogens with one attached hydrogen (secondary N) is 2. The Balaban J connectivity index is 0.00000136. The minimum Gasteiger partial charge on any atom is -0.496 e. The summed E-state index contributed by atoms with van der Waals surface area (Å²) in [6.45, 7) is 0.584. The molecule has 1 saturated heterocycles. The molecule has 2 aromatic rings. The number of benzene rings is 2. The van der Waals surface area contributed by atoms with Gasteiger partial charge in [-0.3, -0.25) is 0 Å². The molecule has 1 heterocycles. The number of allylic oxidation sites excluding steroid dienone is 3. The van der Waals surface area contributed by atoms with E-state index in [1.54, 1.807) is 7.11 Å². The number of nitrogens with zero attached hydrogens (tertiary/aromatic N) is 1. The first-order chi connectivity index (χ1) is 14.3. The molecule has 0 radical (unpaired) electrons. The van der Waals surface area contributed by atoms with Crippen LogP contribution >= 0.6 is 0 Å². The Labute approximate surface area is 175 Å². The van der Waals surface area contributed by atoms with E-state index in [9.17, 15) is 0 Å². The van der Waals surface area contributed by atoms with Crippen molar-refractivity contribution in [3.8, 4) is 5.75 Å². The number of hydrogen-bond acceptors (Lipinski definition) is 2. The van der Waals surface area contributed by atoms with Gasteiger partial charge in [-0.15, -0.1) is 0 Å². The quantitative estimate of drug-likeness (QED) is 0.717. The van der Waals surface area contributed by atoms with E-state index in [1.165, 1.54) is 17.6 Å². The first kappa shape index (κ1) is 18.0. The molecule has 1 saturated carbocycles. The van der Waals surface area contributed by atoms with Gasteiger partial charge in [-0.05, 0) is 41.9 Å². The number of methoxy groups -OCH3 is 1. The second-order valence-electron chi connectivity index (χ2n) is 8.01. The lowest BCUT2D eigenvalue weighted by atomic mass is 9.91. The molecule has 4 nitrogen and oxygen atoms in total. The van der Waals surface area contributed by atoms with Crippen LogP contribution in [0.5, 0.6) is 5.75 Å². The molecule has 0 amide bonds. The van der Waals surface area contributed by atoms with Gasteiger partial charge in [0.2, 0.25) is 0 Å². The van der Waals surface area contributed by atoms with Crippen LogP contribution in [0, 0.1) is 11.8 Å². The van der Waals surface area contributed by atoms with Gasteiger partial charge in [0, 0.05) is 8.42 Å². The third kappa shape index (κ3) is 3.67. The summed E-state index contributed by atoms with van der Waals surface area (Å²) in [6.07, 6.45) is 9.43. The van der Waals surface area contributed by atoms with Crippen LogP contribution in [-0.4, -0.2) is 19.1 Å². The molecule has 2 aromatic carbocycles. The Kier molecular flexibility index (Phi) is 4.84. The number of hydrogen-bond donors (Lipinski definition) is 2. The molecule has 2 unspecified atom stereocenters. The molecular weight excluding hydrogens is 358 g/mol. The Morgan fingerprint density at radius 2 is 1.83 bits per heavy atom.